The number of anilines is 3. The third-order valence-corrected chi connectivity index (χ3v) is 8.16. The molecule has 6 aromatic rings. The monoisotopic (exact) mass is 484 g/mol. The molecule has 2 heteroatoms. The highest BCUT2D eigenvalue weighted by Crippen LogP contribution is 2.64. The highest BCUT2D eigenvalue weighted by molar-refractivity contribution is 5.98. The molecule has 0 bridgehead atoms. The van der Waals surface area contributed by atoms with Gasteiger partial charge in [0.15, 0.2) is 0 Å². The van der Waals surface area contributed by atoms with Crippen molar-refractivity contribution in [2.45, 2.75) is 5.41 Å². The van der Waals surface area contributed by atoms with Crippen LogP contribution in [0.3, 0.4) is 0 Å². The summed E-state index contributed by atoms with van der Waals surface area (Å²) in [6.45, 7) is 0. The van der Waals surface area contributed by atoms with Crippen LogP contribution in [0.4, 0.5) is 17.1 Å². The Labute approximate surface area is 222 Å². The van der Waals surface area contributed by atoms with Gasteiger partial charge in [0, 0.05) is 18.1 Å². The molecule has 1 spiro atoms. The molecule has 1 aliphatic carbocycles. The number of para-hydroxylation sites is 3. The maximum Gasteiger partial charge on any atom is 0.0760 e. The molecule has 1 aliphatic heterocycles. The minimum atomic E-state index is -0.454. The van der Waals surface area contributed by atoms with Gasteiger partial charge in [-0.25, -0.2) is 0 Å². The van der Waals surface area contributed by atoms with Crippen LogP contribution in [-0.2, 0) is 5.41 Å². The first kappa shape index (κ1) is 21.2. The van der Waals surface area contributed by atoms with Crippen molar-refractivity contribution >= 4 is 17.1 Å². The largest absolute Gasteiger partial charge is 0.310 e. The predicted octanol–water partition coefficient (Wildman–Crippen LogP) is 8.89. The summed E-state index contributed by atoms with van der Waals surface area (Å²) in [7, 11) is 0. The van der Waals surface area contributed by atoms with Crippen molar-refractivity contribution in [3.05, 3.63) is 168 Å². The summed E-state index contributed by atoms with van der Waals surface area (Å²) in [6.07, 6.45) is 3.78. The van der Waals surface area contributed by atoms with E-state index in [-0.39, 0.29) is 0 Å². The van der Waals surface area contributed by atoms with Crippen LogP contribution in [0, 0.1) is 0 Å². The molecule has 0 saturated carbocycles. The second kappa shape index (κ2) is 8.03. The molecular formula is C36H24N2. The van der Waals surface area contributed by atoms with Crippen LogP contribution in [0.1, 0.15) is 22.3 Å². The third kappa shape index (κ3) is 2.69. The number of nitrogens with zero attached hydrogens (tertiary/aromatic N) is 2. The topological polar surface area (TPSA) is 16.1 Å². The van der Waals surface area contributed by atoms with Crippen LogP contribution in [0.5, 0.6) is 0 Å². The van der Waals surface area contributed by atoms with Crippen molar-refractivity contribution in [1.82, 2.24) is 4.98 Å². The molecule has 0 unspecified atom stereocenters. The molecule has 0 N–H and O–H groups in total. The minimum absolute atomic E-state index is 0.454. The summed E-state index contributed by atoms with van der Waals surface area (Å²) in [5.41, 5.74) is 13.5. The minimum Gasteiger partial charge on any atom is -0.310 e. The van der Waals surface area contributed by atoms with E-state index in [9.17, 15) is 0 Å². The van der Waals surface area contributed by atoms with Crippen molar-refractivity contribution in [3.63, 3.8) is 0 Å². The Hall–Kier alpha value is -4.95. The second-order valence-electron chi connectivity index (χ2n) is 9.96. The first-order valence-electron chi connectivity index (χ1n) is 13.1. The van der Waals surface area contributed by atoms with Gasteiger partial charge in [-0.15, -0.1) is 0 Å². The van der Waals surface area contributed by atoms with Gasteiger partial charge >= 0.3 is 0 Å². The predicted molar refractivity (Wildman–Crippen MR) is 155 cm³/mol. The number of fused-ring (bicyclic) bond motifs is 9. The van der Waals surface area contributed by atoms with Gasteiger partial charge < -0.3 is 4.90 Å². The number of aromatic nitrogens is 1. The lowest BCUT2D eigenvalue weighted by molar-refractivity contribution is 0.754. The molecule has 2 heterocycles. The van der Waals surface area contributed by atoms with Gasteiger partial charge in [-0.05, 0) is 80.9 Å². The molecule has 1 aromatic heterocycles. The van der Waals surface area contributed by atoms with E-state index < -0.39 is 5.41 Å². The van der Waals surface area contributed by atoms with E-state index in [0.717, 1.165) is 5.69 Å². The molecule has 8 rings (SSSR count). The summed E-state index contributed by atoms with van der Waals surface area (Å²) in [4.78, 5) is 6.74. The van der Waals surface area contributed by atoms with Gasteiger partial charge in [0.1, 0.15) is 0 Å². The fraction of sp³-hybridized carbons (Fsp3) is 0.0278. The molecule has 0 fully saturated rings. The van der Waals surface area contributed by atoms with Gasteiger partial charge in [-0.1, -0.05) is 97.1 Å². The van der Waals surface area contributed by atoms with Crippen LogP contribution in [-0.4, -0.2) is 4.98 Å². The lowest BCUT2D eigenvalue weighted by Crippen LogP contribution is -2.36. The number of benzene rings is 5. The first-order chi connectivity index (χ1) is 18.9. The summed E-state index contributed by atoms with van der Waals surface area (Å²) in [5, 5.41) is 0. The Morgan fingerprint density at radius 1 is 0.447 bits per heavy atom. The van der Waals surface area contributed by atoms with Crippen LogP contribution in [0.25, 0.3) is 22.3 Å². The third-order valence-electron chi connectivity index (χ3n) is 8.16. The Balaban J connectivity index is 1.57. The molecule has 2 aliphatic rings. The van der Waals surface area contributed by atoms with Crippen LogP contribution in [0.15, 0.2) is 146 Å². The van der Waals surface area contributed by atoms with Gasteiger partial charge in [0.25, 0.3) is 0 Å². The number of rotatable bonds is 2. The maximum atomic E-state index is 4.32. The normalized spacial score (nSPS) is 13.9. The van der Waals surface area contributed by atoms with Gasteiger partial charge in [0.2, 0.25) is 0 Å². The molecule has 178 valence electrons. The average Bonchev–Trinajstić information content (AvgIpc) is 3.30. The van der Waals surface area contributed by atoms with Crippen molar-refractivity contribution in [2.24, 2.45) is 0 Å². The van der Waals surface area contributed by atoms with Crippen molar-refractivity contribution in [1.29, 1.82) is 0 Å². The van der Waals surface area contributed by atoms with Crippen LogP contribution < -0.4 is 4.90 Å². The van der Waals surface area contributed by atoms with E-state index in [1.165, 1.54) is 55.9 Å². The van der Waals surface area contributed by atoms with E-state index in [4.69, 9.17) is 0 Å². The van der Waals surface area contributed by atoms with E-state index >= 15 is 0 Å². The molecular weight excluding hydrogens is 460 g/mol. The SMILES string of the molecule is c1ccc(N2c3ccccc3C3(c4ccccc4-c4cccc(-c5ccncc5)c43)c3ccccc32)cc1. The zero-order valence-electron chi connectivity index (χ0n) is 20.8. The highest BCUT2D eigenvalue weighted by atomic mass is 15.2. The summed E-state index contributed by atoms with van der Waals surface area (Å²) in [6, 6.07) is 48.6. The smallest absolute Gasteiger partial charge is 0.0760 e. The second-order valence-corrected chi connectivity index (χ2v) is 9.96. The van der Waals surface area contributed by atoms with Crippen molar-refractivity contribution < 1.29 is 0 Å². The summed E-state index contributed by atoms with van der Waals surface area (Å²) in [5.74, 6) is 0. The van der Waals surface area contributed by atoms with Gasteiger partial charge in [-0.2, -0.15) is 0 Å². The Kier molecular flexibility index (Phi) is 4.47. The zero-order chi connectivity index (χ0) is 25.1. The lowest BCUT2D eigenvalue weighted by atomic mass is 9.63. The highest BCUT2D eigenvalue weighted by Gasteiger charge is 2.52. The van der Waals surface area contributed by atoms with Gasteiger partial charge in [0.05, 0.1) is 16.8 Å². The van der Waals surface area contributed by atoms with Crippen molar-refractivity contribution in [2.75, 3.05) is 4.90 Å². The van der Waals surface area contributed by atoms with Crippen LogP contribution in [0.2, 0.25) is 0 Å². The number of hydrogen-bond donors (Lipinski definition) is 0. The molecule has 0 amide bonds. The summed E-state index contributed by atoms with van der Waals surface area (Å²) < 4.78 is 0. The Bertz CT molecular complexity index is 1770. The molecule has 0 radical (unpaired) electrons. The average molecular weight is 485 g/mol. The summed E-state index contributed by atoms with van der Waals surface area (Å²) >= 11 is 0. The first-order valence-corrected chi connectivity index (χ1v) is 13.1. The van der Waals surface area contributed by atoms with E-state index in [1.54, 1.807) is 0 Å². The Morgan fingerprint density at radius 2 is 1.00 bits per heavy atom. The van der Waals surface area contributed by atoms with Crippen LogP contribution >= 0.6 is 0 Å². The van der Waals surface area contributed by atoms with E-state index in [2.05, 4.69) is 143 Å². The fourth-order valence-corrected chi connectivity index (χ4v) is 6.79. The van der Waals surface area contributed by atoms with E-state index in [1.807, 2.05) is 12.4 Å². The molecule has 2 nitrogen and oxygen atoms in total. The van der Waals surface area contributed by atoms with E-state index in [0.29, 0.717) is 0 Å². The Morgan fingerprint density at radius 3 is 1.71 bits per heavy atom. The molecule has 0 saturated heterocycles. The molecule has 38 heavy (non-hydrogen) atoms. The fourth-order valence-electron chi connectivity index (χ4n) is 6.79. The number of pyridine rings is 1. The molecule has 0 atom stereocenters. The zero-order valence-corrected chi connectivity index (χ0v) is 20.8. The quantitative estimate of drug-likeness (QED) is 0.243. The number of hydrogen-bond acceptors (Lipinski definition) is 2. The van der Waals surface area contributed by atoms with Gasteiger partial charge in [-0.3, -0.25) is 4.98 Å². The lowest BCUT2D eigenvalue weighted by Gasteiger charge is -2.45. The standard InChI is InChI=1S/C36H24N2/c1-2-11-26(12-3-1)38-33-19-8-6-17-31(33)36(32-18-7-9-20-34(32)38)30-16-5-4-13-28(30)29-15-10-14-27(35(29)36)25-21-23-37-24-22-25/h1-24H. The molecule has 5 aromatic carbocycles. The maximum absolute atomic E-state index is 4.32. The van der Waals surface area contributed by atoms with Crippen molar-refractivity contribution in [3.8, 4) is 22.3 Å².